The van der Waals surface area contributed by atoms with Gasteiger partial charge in [-0.05, 0) is 49.8 Å². The molecule has 1 aromatic carbocycles. The lowest BCUT2D eigenvalue weighted by Crippen LogP contribution is -2.92. The van der Waals surface area contributed by atoms with Gasteiger partial charge in [0, 0.05) is 19.0 Å². The number of fused-ring (bicyclic) bond motifs is 2. The molecule has 4 atom stereocenters. The molecular formula is C24H38N5O2+. The van der Waals surface area contributed by atoms with Crippen molar-refractivity contribution in [3.63, 3.8) is 0 Å². The molecule has 6 N–H and O–H groups in total. The van der Waals surface area contributed by atoms with Crippen LogP contribution >= 0.6 is 0 Å². The number of hydrogen-bond donors (Lipinski definition) is 5. The fourth-order valence-electron chi connectivity index (χ4n) is 5.21. The molecule has 0 saturated carbocycles. The van der Waals surface area contributed by atoms with Crippen molar-refractivity contribution in [2.24, 2.45) is 5.73 Å². The zero-order valence-electron chi connectivity index (χ0n) is 19.3. The lowest BCUT2D eigenvalue weighted by atomic mass is 9.84. The molecule has 7 nitrogen and oxygen atoms in total. The number of carbonyl (C=O) groups excluding carboxylic acids is 1. The highest BCUT2D eigenvalue weighted by Gasteiger charge is 2.58. The molecule has 2 fully saturated rings. The zero-order chi connectivity index (χ0) is 22.8. The normalized spacial score (nSPS) is 29.8. The van der Waals surface area contributed by atoms with Crippen LogP contribution in [0.15, 0.2) is 30.6 Å². The van der Waals surface area contributed by atoms with Crippen LogP contribution in [0.1, 0.15) is 62.0 Å². The molecule has 1 aliphatic carbocycles. The molecule has 2 saturated heterocycles. The van der Waals surface area contributed by atoms with Gasteiger partial charge in [-0.1, -0.05) is 32.6 Å². The molecule has 0 spiro atoms. The number of aliphatic hydroxyl groups is 1. The Labute approximate surface area is 185 Å². The standard InChI is InChI=1S/C22H31N5O2.C2H6/c1-13(23)25-19-11-24-14(2)27-12-18(20(28)22(19,27)3)26-21(29)17-10-6-8-15-7-4-5-9-16(15)17;1-2/h6,8,10,18-20,24,28H,2,4-5,7,9,11-12H2,1,3H3,(H2,23,25)(H,26,29);1-2H3/p+1. The number of amides is 1. The molecule has 0 radical (unpaired) electrons. The van der Waals surface area contributed by atoms with Crippen LogP contribution in [0.3, 0.4) is 0 Å². The van der Waals surface area contributed by atoms with Gasteiger partial charge in [-0.25, -0.2) is 0 Å². The number of aryl methyl sites for hydroxylation is 1. The Bertz CT molecular complexity index is 864. The van der Waals surface area contributed by atoms with Gasteiger partial charge in [0.2, 0.25) is 5.84 Å². The van der Waals surface area contributed by atoms with Crippen molar-refractivity contribution in [3.05, 3.63) is 47.3 Å². The zero-order valence-corrected chi connectivity index (χ0v) is 19.3. The third-order valence-electron chi connectivity index (χ3n) is 6.84. The Kier molecular flexibility index (Phi) is 6.94. The van der Waals surface area contributed by atoms with E-state index in [1.165, 1.54) is 12.0 Å². The third kappa shape index (κ3) is 4.15. The number of hydrogen-bond acceptors (Lipinski definition) is 4. The molecule has 0 aromatic heterocycles. The average molecular weight is 429 g/mol. The van der Waals surface area contributed by atoms with Crippen LogP contribution < -0.4 is 21.4 Å². The second kappa shape index (κ2) is 9.30. The van der Waals surface area contributed by atoms with Gasteiger partial charge in [-0.3, -0.25) is 15.5 Å². The van der Waals surface area contributed by atoms with E-state index >= 15 is 0 Å². The summed E-state index contributed by atoms with van der Waals surface area (Å²) in [6.07, 6.45) is 3.49. The van der Waals surface area contributed by atoms with Crippen LogP contribution in [0.25, 0.3) is 0 Å². The molecule has 2 aliphatic heterocycles. The highest BCUT2D eigenvalue weighted by molar-refractivity contribution is 5.96. The van der Waals surface area contributed by atoms with E-state index in [2.05, 4.69) is 28.3 Å². The van der Waals surface area contributed by atoms with E-state index in [0.29, 0.717) is 18.9 Å². The Hall–Kier alpha value is -2.54. The summed E-state index contributed by atoms with van der Waals surface area (Å²) in [5.41, 5.74) is 8.43. The van der Waals surface area contributed by atoms with E-state index in [1.807, 2.05) is 37.8 Å². The van der Waals surface area contributed by atoms with Crippen molar-refractivity contribution >= 4 is 11.7 Å². The maximum absolute atomic E-state index is 13.2. The van der Waals surface area contributed by atoms with Gasteiger partial charge in [-0.15, -0.1) is 0 Å². The quantitative estimate of drug-likeness (QED) is 0.345. The summed E-state index contributed by atoms with van der Waals surface area (Å²) in [4.78, 5) is 18.5. The molecule has 0 bridgehead atoms. The van der Waals surface area contributed by atoms with E-state index in [0.717, 1.165) is 36.2 Å². The minimum atomic E-state index is -0.762. The molecular weight excluding hydrogens is 390 g/mol. The van der Waals surface area contributed by atoms with Crippen LogP contribution in [0.5, 0.6) is 0 Å². The van der Waals surface area contributed by atoms with E-state index in [9.17, 15) is 9.90 Å². The van der Waals surface area contributed by atoms with Crippen molar-refractivity contribution in [2.75, 3.05) is 13.1 Å². The number of nitrogens with one attached hydrogen (secondary N) is 3. The molecule has 3 aliphatic rings. The maximum Gasteiger partial charge on any atom is 0.251 e. The second-order valence-electron chi connectivity index (χ2n) is 8.72. The van der Waals surface area contributed by atoms with Crippen LogP contribution in [-0.2, 0) is 12.8 Å². The number of carbonyl (C=O) groups is 1. The minimum absolute atomic E-state index is 0.110. The largest absolute Gasteiger partial charge is 0.388 e. The highest BCUT2D eigenvalue weighted by atomic mass is 16.3. The predicted molar refractivity (Wildman–Crippen MR) is 124 cm³/mol. The van der Waals surface area contributed by atoms with Gasteiger partial charge in [0.1, 0.15) is 17.7 Å². The Morgan fingerprint density at radius 3 is 2.77 bits per heavy atom. The summed E-state index contributed by atoms with van der Waals surface area (Å²) in [5, 5.41) is 17.6. The number of nitrogens with zero attached hydrogens (tertiary/aromatic N) is 1. The van der Waals surface area contributed by atoms with Crippen molar-refractivity contribution in [1.82, 2.24) is 15.5 Å². The Morgan fingerprint density at radius 2 is 2.06 bits per heavy atom. The smallest absolute Gasteiger partial charge is 0.251 e. The van der Waals surface area contributed by atoms with Crippen LogP contribution in [-0.4, -0.2) is 58.6 Å². The first kappa shape index (κ1) is 23.1. The first-order valence-corrected chi connectivity index (χ1v) is 11.5. The monoisotopic (exact) mass is 428 g/mol. The highest BCUT2D eigenvalue weighted by Crippen LogP contribution is 2.36. The van der Waals surface area contributed by atoms with Gasteiger partial charge in [0.15, 0.2) is 0 Å². The summed E-state index contributed by atoms with van der Waals surface area (Å²) < 4.78 is 0. The molecule has 2 heterocycles. The van der Waals surface area contributed by atoms with Crippen LogP contribution in [0, 0.1) is 0 Å². The SMILES string of the molecule is C=C1NCC([NH+]=C(C)N)C2(C)C(O)C(NC(=O)c3cccc4c3CCCC4)CN12.CC. The third-order valence-corrected chi connectivity index (χ3v) is 6.84. The first-order valence-electron chi connectivity index (χ1n) is 11.5. The number of amidine groups is 1. The number of aliphatic hydroxyl groups excluding tert-OH is 1. The predicted octanol–water partition coefficient (Wildman–Crippen LogP) is 0.0259. The molecule has 4 unspecified atom stereocenters. The average Bonchev–Trinajstić information content (AvgIpc) is 3.03. The second-order valence-corrected chi connectivity index (χ2v) is 8.72. The van der Waals surface area contributed by atoms with Crippen molar-refractivity contribution in [3.8, 4) is 0 Å². The lowest BCUT2D eigenvalue weighted by molar-refractivity contribution is -0.524. The summed E-state index contributed by atoms with van der Waals surface area (Å²) in [6.45, 7) is 13.0. The van der Waals surface area contributed by atoms with Gasteiger partial charge < -0.3 is 20.6 Å². The first-order chi connectivity index (χ1) is 14.8. The molecule has 31 heavy (non-hydrogen) atoms. The summed E-state index contributed by atoms with van der Waals surface area (Å²) in [6, 6.07) is 5.47. The van der Waals surface area contributed by atoms with Crippen LogP contribution in [0.2, 0.25) is 0 Å². The summed E-state index contributed by atoms with van der Waals surface area (Å²) in [5.74, 6) is 1.25. The number of nitrogens with two attached hydrogens (primary N) is 1. The van der Waals surface area contributed by atoms with Crippen LogP contribution in [0.4, 0.5) is 0 Å². The summed E-state index contributed by atoms with van der Waals surface area (Å²) >= 11 is 0. The maximum atomic E-state index is 13.2. The van der Waals surface area contributed by atoms with Crippen molar-refractivity contribution < 1.29 is 14.9 Å². The Morgan fingerprint density at radius 1 is 1.35 bits per heavy atom. The van der Waals surface area contributed by atoms with E-state index in [1.54, 1.807) is 6.92 Å². The Balaban J connectivity index is 0.00000132. The van der Waals surface area contributed by atoms with Gasteiger partial charge >= 0.3 is 0 Å². The molecule has 170 valence electrons. The van der Waals surface area contributed by atoms with Crippen molar-refractivity contribution in [2.45, 2.75) is 77.1 Å². The fourth-order valence-corrected chi connectivity index (χ4v) is 5.21. The topological polar surface area (TPSA) is 105 Å². The van der Waals surface area contributed by atoms with Gasteiger partial charge in [-0.2, -0.15) is 0 Å². The minimum Gasteiger partial charge on any atom is -0.388 e. The van der Waals surface area contributed by atoms with Crippen molar-refractivity contribution in [1.29, 1.82) is 0 Å². The molecule has 1 aromatic rings. The molecule has 1 amide bonds. The molecule has 7 heteroatoms. The van der Waals surface area contributed by atoms with E-state index in [-0.39, 0.29) is 11.9 Å². The van der Waals surface area contributed by atoms with E-state index < -0.39 is 17.7 Å². The summed E-state index contributed by atoms with van der Waals surface area (Å²) in [7, 11) is 0. The number of rotatable bonds is 3. The molecule has 4 rings (SSSR count). The lowest BCUT2D eigenvalue weighted by Gasteiger charge is -2.46. The van der Waals surface area contributed by atoms with Gasteiger partial charge in [0.05, 0.1) is 18.4 Å². The van der Waals surface area contributed by atoms with Gasteiger partial charge in [0.25, 0.3) is 5.91 Å². The van der Waals surface area contributed by atoms with E-state index in [4.69, 9.17) is 5.73 Å². The fraction of sp³-hybridized carbons (Fsp3) is 0.583. The number of benzene rings is 1.